The first-order valence-electron chi connectivity index (χ1n) is 6.90. The Morgan fingerprint density at radius 1 is 0.905 bits per heavy atom. The lowest BCUT2D eigenvalue weighted by molar-refractivity contribution is 0.780. The number of hydrogen-bond donors (Lipinski definition) is 0. The SMILES string of the molecule is Cn1nc(-c2ccccc2)cc1-c1cc2ccccc2s1. The van der Waals surface area contributed by atoms with E-state index >= 15 is 0 Å². The van der Waals surface area contributed by atoms with Crippen molar-refractivity contribution >= 4 is 21.4 Å². The molecular formula is C18H14N2S. The summed E-state index contributed by atoms with van der Waals surface area (Å²) >= 11 is 1.81. The Labute approximate surface area is 127 Å². The Morgan fingerprint density at radius 3 is 2.48 bits per heavy atom. The van der Waals surface area contributed by atoms with E-state index in [1.807, 2.05) is 41.3 Å². The zero-order valence-electron chi connectivity index (χ0n) is 11.7. The smallest absolute Gasteiger partial charge is 0.0929 e. The maximum atomic E-state index is 4.65. The summed E-state index contributed by atoms with van der Waals surface area (Å²) in [7, 11) is 2.01. The van der Waals surface area contributed by atoms with E-state index in [9.17, 15) is 0 Å². The van der Waals surface area contributed by atoms with Gasteiger partial charge >= 0.3 is 0 Å². The topological polar surface area (TPSA) is 17.8 Å². The molecule has 0 atom stereocenters. The molecule has 0 radical (unpaired) electrons. The van der Waals surface area contributed by atoms with Gasteiger partial charge in [0, 0.05) is 17.3 Å². The van der Waals surface area contributed by atoms with Crippen LogP contribution < -0.4 is 0 Å². The van der Waals surface area contributed by atoms with Crippen LogP contribution in [-0.4, -0.2) is 9.78 Å². The number of benzene rings is 2. The van der Waals surface area contributed by atoms with Crippen LogP contribution in [0.25, 0.3) is 31.9 Å². The van der Waals surface area contributed by atoms with Crippen molar-refractivity contribution < 1.29 is 0 Å². The molecule has 0 aliphatic heterocycles. The highest BCUT2D eigenvalue weighted by atomic mass is 32.1. The van der Waals surface area contributed by atoms with Gasteiger partial charge in [0.15, 0.2) is 0 Å². The van der Waals surface area contributed by atoms with Crippen molar-refractivity contribution in [2.24, 2.45) is 7.05 Å². The van der Waals surface area contributed by atoms with Crippen molar-refractivity contribution in [3.63, 3.8) is 0 Å². The van der Waals surface area contributed by atoms with Crippen molar-refractivity contribution in [1.82, 2.24) is 9.78 Å². The molecule has 0 amide bonds. The van der Waals surface area contributed by atoms with Gasteiger partial charge in [-0.15, -0.1) is 11.3 Å². The first-order chi connectivity index (χ1) is 10.3. The van der Waals surface area contributed by atoms with Gasteiger partial charge in [0.05, 0.1) is 16.3 Å². The predicted molar refractivity (Wildman–Crippen MR) is 89.5 cm³/mol. The fourth-order valence-corrected chi connectivity index (χ4v) is 3.67. The van der Waals surface area contributed by atoms with E-state index in [0.29, 0.717) is 0 Å². The molecule has 4 aromatic rings. The molecule has 0 aliphatic carbocycles. The normalized spacial score (nSPS) is 11.1. The van der Waals surface area contributed by atoms with Crippen molar-refractivity contribution in [2.75, 3.05) is 0 Å². The van der Waals surface area contributed by atoms with Crippen LogP contribution in [0.5, 0.6) is 0 Å². The molecule has 2 aromatic heterocycles. The number of hydrogen-bond acceptors (Lipinski definition) is 2. The highest BCUT2D eigenvalue weighted by molar-refractivity contribution is 7.22. The van der Waals surface area contributed by atoms with E-state index in [0.717, 1.165) is 17.0 Å². The van der Waals surface area contributed by atoms with Crippen LogP contribution in [0.3, 0.4) is 0 Å². The Morgan fingerprint density at radius 2 is 1.67 bits per heavy atom. The largest absolute Gasteiger partial charge is 0.266 e. The van der Waals surface area contributed by atoms with E-state index in [1.165, 1.54) is 15.0 Å². The van der Waals surface area contributed by atoms with E-state index in [1.54, 1.807) is 0 Å². The van der Waals surface area contributed by atoms with Gasteiger partial charge in [-0.05, 0) is 23.6 Å². The summed E-state index contributed by atoms with van der Waals surface area (Å²) in [6.07, 6.45) is 0. The van der Waals surface area contributed by atoms with Gasteiger partial charge in [-0.1, -0.05) is 48.5 Å². The summed E-state index contributed by atoms with van der Waals surface area (Å²) < 4.78 is 3.28. The third kappa shape index (κ3) is 2.16. The molecule has 21 heavy (non-hydrogen) atoms. The summed E-state index contributed by atoms with van der Waals surface area (Å²) in [6.45, 7) is 0. The minimum absolute atomic E-state index is 1.02. The molecule has 3 heteroatoms. The number of thiophene rings is 1. The van der Waals surface area contributed by atoms with Gasteiger partial charge in [-0.25, -0.2) is 0 Å². The maximum Gasteiger partial charge on any atom is 0.0929 e. The number of nitrogens with zero attached hydrogens (tertiary/aromatic N) is 2. The second kappa shape index (κ2) is 4.86. The summed E-state index contributed by atoms with van der Waals surface area (Å²) in [4.78, 5) is 1.26. The van der Waals surface area contributed by atoms with Crippen LogP contribution in [0.4, 0.5) is 0 Å². The second-order valence-corrected chi connectivity index (χ2v) is 6.14. The molecule has 0 fully saturated rings. The summed E-state index contributed by atoms with van der Waals surface area (Å²) in [6, 6.07) is 23.2. The molecule has 0 bridgehead atoms. The Bertz CT molecular complexity index is 870. The number of fused-ring (bicyclic) bond motifs is 1. The number of aromatic nitrogens is 2. The number of aryl methyl sites for hydroxylation is 1. The maximum absolute atomic E-state index is 4.65. The molecule has 0 N–H and O–H groups in total. The Hall–Kier alpha value is -2.39. The van der Waals surface area contributed by atoms with Gasteiger partial charge < -0.3 is 0 Å². The Kier molecular flexibility index (Phi) is 2.86. The molecule has 0 saturated carbocycles. The van der Waals surface area contributed by atoms with E-state index in [2.05, 4.69) is 53.6 Å². The molecule has 2 nitrogen and oxygen atoms in total. The minimum Gasteiger partial charge on any atom is -0.266 e. The summed E-state index contributed by atoms with van der Waals surface area (Å²) in [5.74, 6) is 0. The van der Waals surface area contributed by atoms with Crippen LogP contribution in [0.1, 0.15) is 0 Å². The minimum atomic E-state index is 1.02. The van der Waals surface area contributed by atoms with Crippen molar-refractivity contribution in [1.29, 1.82) is 0 Å². The third-order valence-electron chi connectivity index (χ3n) is 3.63. The van der Waals surface area contributed by atoms with E-state index < -0.39 is 0 Å². The van der Waals surface area contributed by atoms with Crippen LogP contribution in [0.15, 0.2) is 66.7 Å². The lowest BCUT2D eigenvalue weighted by atomic mass is 10.1. The zero-order chi connectivity index (χ0) is 14.2. The lowest BCUT2D eigenvalue weighted by Gasteiger charge is -1.95. The molecular weight excluding hydrogens is 276 g/mol. The molecule has 2 heterocycles. The fourth-order valence-electron chi connectivity index (χ4n) is 2.56. The third-order valence-corrected chi connectivity index (χ3v) is 4.77. The fraction of sp³-hybridized carbons (Fsp3) is 0.0556. The highest BCUT2D eigenvalue weighted by Gasteiger charge is 2.11. The van der Waals surface area contributed by atoms with Gasteiger partial charge in [-0.2, -0.15) is 5.10 Å². The van der Waals surface area contributed by atoms with E-state index in [4.69, 9.17) is 0 Å². The lowest BCUT2D eigenvalue weighted by Crippen LogP contribution is -1.92. The van der Waals surface area contributed by atoms with Crippen molar-refractivity contribution in [3.05, 3.63) is 66.7 Å². The molecule has 2 aromatic carbocycles. The molecule has 0 aliphatic rings. The van der Waals surface area contributed by atoms with Crippen LogP contribution in [0, 0.1) is 0 Å². The zero-order valence-corrected chi connectivity index (χ0v) is 12.5. The van der Waals surface area contributed by atoms with Gasteiger partial charge in [0.25, 0.3) is 0 Å². The Balaban J connectivity index is 1.84. The van der Waals surface area contributed by atoms with Crippen LogP contribution >= 0.6 is 11.3 Å². The molecule has 4 rings (SSSR count). The summed E-state index contributed by atoms with van der Waals surface area (Å²) in [5.41, 5.74) is 3.33. The summed E-state index contributed by atoms with van der Waals surface area (Å²) in [5, 5.41) is 5.94. The average Bonchev–Trinajstić information content (AvgIpc) is 3.11. The highest BCUT2D eigenvalue weighted by Crippen LogP contribution is 2.34. The first-order valence-corrected chi connectivity index (χ1v) is 7.71. The standard InChI is InChI=1S/C18H14N2S/c1-20-16(12-15(19-20)13-7-3-2-4-8-13)18-11-14-9-5-6-10-17(14)21-18/h2-12H,1H3. The van der Waals surface area contributed by atoms with Crippen LogP contribution in [0.2, 0.25) is 0 Å². The first kappa shape index (κ1) is 12.4. The van der Waals surface area contributed by atoms with Crippen molar-refractivity contribution in [2.45, 2.75) is 0 Å². The second-order valence-electron chi connectivity index (χ2n) is 5.05. The van der Waals surface area contributed by atoms with Gasteiger partial charge in [-0.3, -0.25) is 4.68 Å². The van der Waals surface area contributed by atoms with E-state index in [-0.39, 0.29) is 0 Å². The molecule has 102 valence electrons. The monoisotopic (exact) mass is 290 g/mol. The molecule has 0 unspecified atom stereocenters. The van der Waals surface area contributed by atoms with Crippen LogP contribution in [-0.2, 0) is 7.05 Å². The molecule has 0 saturated heterocycles. The van der Waals surface area contributed by atoms with Gasteiger partial charge in [0.2, 0.25) is 0 Å². The molecule has 0 spiro atoms. The van der Waals surface area contributed by atoms with Gasteiger partial charge in [0.1, 0.15) is 0 Å². The average molecular weight is 290 g/mol. The predicted octanol–water partition coefficient (Wildman–Crippen LogP) is 4.97. The van der Waals surface area contributed by atoms with Crippen molar-refractivity contribution in [3.8, 4) is 21.8 Å². The number of rotatable bonds is 2. The quantitative estimate of drug-likeness (QED) is 0.509.